The van der Waals surface area contributed by atoms with E-state index >= 15 is 0 Å². The van der Waals surface area contributed by atoms with Crippen molar-refractivity contribution in [3.05, 3.63) is 28.8 Å². The van der Waals surface area contributed by atoms with Gasteiger partial charge in [0, 0.05) is 6.54 Å². The van der Waals surface area contributed by atoms with Gasteiger partial charge in [-0.15, -0.1) is 0 Å². The van der Waals surface area contributed by atoms with Crippen molar-refractivity contribution in [1.29, 1.82) is 0 Å². The number of carboxylic acid groups (broad SMARTS) is 1. The molecule has 1 unspecified atom stereocenters. The molecule has 0 saturated heterocycles. The summed E-state index contributed by atoms with van der Waals surface area (Å²) >= 11 is 5.81. The molecule has 0 heterocycles. The molecule has 0 aromatic heterocycles. The molecule has 0 saturated carbocycles. The lowest BCUT2D eigenvalue weighted by Crippen LogP contribution is -2.37. The number of benzene rings is 1. The van der Waals surface area contributed by atoms with Crippen LogP contribution in [0, 0.1) is 0 Å². The topological polar surface area (TPSA) is 101 Å². The fraction of sp³-hybridized carbons (Fsp3) is 0.333. The summed E-state index contributed by atoms with van der Waals surface area (Å²) in [5, 5.41) is 9.80. The van der Waals surface area contributed by atoms with E-state index in [4.69, 9.17) is 16.7 Å². The molecule has 1 aromatic rings. The molecule has 0 aliphatic rings. The average Bonchev–Trinajstić information content (AvgIpc) is 2.37. The Balaban J connectivity index is 3.31. The van der Waals surface area contributed by atoms with Crippen molar-refractivity contribution < 1.29 is 23.1 Å². The number of halogens is 1. The summed E-state index contributed by atoms with van der Waals surface area (Å²) in [6.45, 7) is 3.18. The lowest BCUT2D eigenvalue weighted by atomic mass is 10.2. The molecule has 6 nitrogen and oxygen atoms in total. The van der Waals surface area contributed by atoms with Gasteiger partial charge in [0.25, 0.3) is 0 Å². The third-order valence-electron chi connectivity index (χ3n) is 2.67. The van der Waals surface area contributed by atoms with E-state index in [0.717, 1.165) is 6.07 Å². The molecule has 0 fully saturated rings. The highest BCUT2D eigenvalue weighted by Crippen LogP contribution is 2.26. The molecule has 2 N–H and O–H groups in total. The van der Waals surface area contributed by atoms with Crippen LogP contribution in [0.15, 0.2) is 23.1 Å². The molecule has 1 aromatic carbocycles. The number of carboxylic acids is 1. The van der Waals surface area contributed by atoms with Gasteiger partial charge >= 0.3 is 5.97 Å². The Morgan fingerprint density at radius 3 is 2.50 bits per heavy atom. The van der Waals surface area contributed by atoms with Crippen LogP contribution >= 0.6 is 11.6 Å². The highest BCUT2D eigenvalue weighted by molar-refractivity contribution is 7.92. The Labute approximate surface area is 121 Å². The van der Waals surface area contributed by atoms with E-state index in [2.05, 4.69) is 5.32 Å². The summed E-state index contributed by atoms with van der Waals surface area (Å²) in [5.41, 5.74) is -0.212. The van der Waals surface area contributed by atoms with Gasteiger partial charge in [0.2, 0.25) is 5.91 Å². The average molecular weight is 320 g/mol. The molecular formula is C12H14ClNO5S. The van der Waals surface area contributed by atoms with Crippen molar-refractivity contribution in [1.82, 2.24) is 5.32 Å². The second kappa shape index (κ2) is 6.23. The summed E-state index contributed by atoms with van der Waals surface area (Å²) in [4.78, 5) is 22.2. The number of sulfone groups is 1. The molecule has 0 bridgehead atoms. The van der Waals surface area contributed by atoms with Crippen LogP contribution in [0.25, 0.3) is 0 Å². The molecule has 20 heavy (non-hydrogen) atoms. The van der Waals surface area contributed by atoms with Crippen molar-refractivity contribution in [2.75, 3.05) is 6.54 Å². The Morgan fingerprint density at radius 2 is 2.00 bits per heavy atom. The van der Waals surface area contributed by atoms with Crippen molar-refractivity contribution >= 4 is 33.3 Å². The molecule has 1 rings (SSSR count). The molecule has 0 radical (unpaired) electrons. The van der Waals surface area contributed by atoms with Gasteiger partial charge in [0.1, 0.15) is 5.25 Å². The number of amides is 1. The molecule has 8 heteroatoms. The number of nitrogens with one attached hydrogen (secondary N) is 1. The highest BCUT2D eigenvalue weighted by atomic mass is 35.5. The third-order valence-corrected chi connectivity index (χ3v) is 5.21. The van der Waals surface area contributed by atoms with Crippen molar-refractivity contribution in [3.8, 4) is 0 Å². The van der Waals surface area contributed by atoms with Crippen LogP contribution in [0.3, 0.4) is 0 Å². The minimum absolute atomic E-state index is 0.119. The number of rotatable bonds is 5. The van der Waals surface area contributed by atoms with Crippen LogP contribution in [0.1, 0.15) is 24.2 Å². The Morgan fingerprint density at radius 1 is 1.40 bits per heavy atom. The Bertz CT molecular complexity index is 641. The maximum atomic E-state index is 12.3. The van der Waals surface area contributed by atoms with E-state index in [-0.39, 0.29) is 15.5 Å². The fourth-order valence-corrected chi connectivity index (χ4v) is 3.32. The summed E-state index contributed by atoms with van der Waals surface area (Å²) < 4.78 is 24.6. The second-order valence-electron chi connectivity index (χ2n) is 4.03. The predicted molar refractivity (Wildman–Crippen MR) is 73.7 cm³/mol. The standard InChI is InChI=1S/C12H14ClNO5S/c1-3-14-11(15)7(2)20(18,19)10-6-8(12(16)17)4-5-9(10)13/h4-7H,3H2,1-2H3,(H,14,15)(H,16,17). The molecule has 0 spiro atoms. The van der Waals surface area contributed by atoms with Gasteiger partial charge in [-0.3, -0.25) is 4.79 Å². The Kier molecular flexibility index (Phi) is 5.13. The smallest absolute Gasteiger partial charge is 0.335 e. The summed E-state index contributed by atoms with van der Waals surface area (Å²) in [6.07, 6.45) is 0. The number of hydrogen-bond donors (Lipinski definition) is 2. The molecule has 1 atom stereocenters. The second-order valence-corrected chi connectivity index (χ2v) is 6.68. The zero-order chi connectivity index (χ0) is 15.5. The van der Waals surface area contributed by atoms with Crippen LogP contribution < -0.4 is 5.32 Å². The van der Waals surface area contributed by atoms with E-state index < -0.39 is 27.0 Å². The van der Waals surface area contributed by atoms with Gasteiger partial charge in [0.05, 0.1) is 15.5 Å². The number of carbonyl (C=O) groups excluding carboxylic acids is 1. The predicted octanol–water partition coefficient (Wildman–Crippen LogP) is 1.34. The van der Waals surface area contributed by atoms with Crippen LogP contribution in [-0.2, 0) is 14.6 Å². The van der Waals surface area contributed by atoms with Gasteiger partial charge in [0.15, 0.2) is 9.84 Å². The van der Waals surface area contributed by atoms with Crippen molar-refractivity contribution in [3.63, 3.8) is 0 Å². The highest BCUT2D eigenvalue weighted by Gasteiger charge is 2.31. The van der Waals surface area contributed by atoms with Gasteiger partial charge in [-0.25, -0.2) is 13.2 Å². The zero-order valence-corrected chi connectivity index (χ0v) is 12.5. The number of hydrogen-bond acceptors (Lipinski definition) is 4. The molecule has 110 valence electrons. The van der Waals surface area contributed by atoms with Crippen LogP contribution in [0.2, 0.25) is 5.02 Å². The van der Waals surface area contributed by atoms with Crippen molar-refractivity contribution in [2.24, 2.45) is 0 Å². The van der Waals surface area contributed by atoms with Crippen LogP contribution in [0.4, 0.5) is 0 Å². The van der Waals surface area contributed by atoms with Crippen LogP contribution in [0.5, 0.6) is 0 Å². The third kappa shape index (κ3) is 3.29. The SMILES string of the molecule is CCNC(=O)C(C)S(=O)(=O)c1cc(C(=O)O)ccc1Cl. The van der Waals surface area contributed by atoms with Crippen LogP contribution in [-0.4, -0.2) is 37.2 Å². The maximum Gasteiger partial charge on any atom is 0.335 e. The zero-order valence-electron chi connectivity index (χ0n) is 10.9. The van der Waals surface area contributed by atoms with E-state index in [9.17, 15) is 18.0 Å². The molecular weight excluding hydrogens is 306 g/mol. The molecule has 1 amide bonds. The van der Waals surface area contributed by atoms with E-state index in [0.29, 0.717) is 6.54 Å². The number of carbonyl (C=O) groups is 2. The maximum absolute atomic E-state index is 12.3. The summed E-state index contributed by atoms with van der Waals surface area (Å²) in [6, 6.07) is 3.33. The summed E-state index contributed by atoms with van der Waals surface area (Å²) in [7, 11) is -4.05. The van der Waals surface area contributed by atoms with Gasteiger partial charge in [-0.1, -0.05) is 11.6 Å². The van der Waals surface area contributed by atoms with E-state index in [1.54, 1.807) is 6.92 Å². The van der Waals surface area contributed by atoms with E-state index in [1.807, 2.05) is 0 Å². The lowest BCUT2D eigenvalue weighted by Gasteiger charge is -2.14. The number of aromatic carboxylic acids is 1. The first-order valence-electron chi connectivity index (χ1n) is 5.76. The van der Waals surface area contributed by atoms with Gasteiger partial charge in [-0.05, 0) is 32.0 Å². The first kappa shape index (κ1) is 16.5. The van der Waals surface area contributed by atoms with Gasteiger partial charge in [-0.2, -0.15) is 0 Å². The first-order valence-corrected chi connectivity index (χ1v) is 7.68. The molecule has 0 aliphatic heterocycles. The minimum Gasteiger partial charge on any atom is -0.478 e. The largest absolute Gasteiger partial charge is 0.478 e. The van der Waals surface area contributed by atoms with Gasteiger partial charge < -0.3 is 10.4 Å². The molecule has 0 aliphatic carbocycles. The van der Waals surface area contributed by atoms with Crippen molar-refractivity contribution in [2.45, 2.75) is 24.0 Å². The minimum atomic E-state index is -4.05. The normalized spacial score (nSPS) is 12.8. The Hall–Kier alpha value is -1.60. The first-order chi connectivity index (χ1) is 9.21. The lowest BCUT2D eigenvalue weighted by molar-refractivity contribution is -0.120. The fourth-order valence-electron chi connectivity index (χ4n) is 1.50. The quantitative estimate of drug-likeness (QED) is 0.853. The monoisotopic (exact) mass is 319 g/mol. The summed E-state index contributed by atoms with van der Waals surface area (Å²) in [5.74, 6) is -1.94. The van der Waals surface area contributed by atoms with E-state index in [1.165, 1.54) is 19.1 Å².